The van der Waals surface area contributed by atoms with Gasteiger partial charge in [-0.1, -0.05) is 35.8 Å². The van der Waals surface area contributed by atoms with E-state index in [-0.39, 0.29) is 11.0 Å². The minimum Gasteiger partial charge on any atom is -0.321 e. The van der Waals surface area contributed by atoms with Crippen LogP contribution in [0.5, 0.6) is 0 Å². The Morgan fingerprint density at radius 3 is 2.36 bits per heavy atom. The molecule has 0 bridgehead atoms. The highest BCUT2D eigenvalue weighted by Crippen LogP contribution is 2.60. The Morgan fingerprint density at radius 1 is 1.36 bits per heavy atom. The first-order valence-electron chi connectivity index (χ1n) is 4.92. The first-order valence-corrected chi connectivity index (χ1v) is 5.72. The minimum absolute atomic E-state index is 0.0994. The highest BCUT2D eigenvalue weighted by Gasteiger charge is 2.59. The lowest BCUT2D eigenvalue weighted by Crippen LogP contribution is -2.26. The summed E-state index contributed by atoms with van der Waals surface area (Å²) in [5.74, 6) is 0. The molecule has 1 saturated carbocycles. The summed E-state index contributed by atoms with van der Waals surface area (Å²) in [6, 6.07) is 6.36. The van der Waals surface area contributed by atoms with Gasteiger partial charge in [0.2, 0.25) is 0 Å². The molecule has 1 aromatic rings. The van der Waals surface area contributed by atoms with Gasteiger partial charge in [0.25, 0.3) is 0 Å². The molecule has 1 nitrogen and oxygen atoms in total. The first-order chi connectivity index (χ1) is 6.37. The van der Waals surface area contributed by atoms with E-state index in [1.807, 2.05) is 0 Å². The third-order valence-corrected chi connectivity index (χ3v) is 3.97. The normalized spacial score (nSPS) is 28.9. The average Bonchev–Trinajstić information content (AvgIpc) is 2.50. The van der Waals surface area contributed by atoms with Crippen LogP contribution in [0.3, 0.4) is 0 Å². The van der Waals surface area contributed by atoms with E-state index in [9.17, 15) is 0 Å². The van der Waals surface area contributed by atoms with Crippen molar-refractivity contribution in [1.29, 1.82) is 0 Å². The number of rotatable bonds is 1. The zero-order valence-corrected chi connectivity index (χ0v) is 10.5. The molecule has 0 radical (unpaired) electrons. The summed E-state index contributed by atoms with van der Waals surface area (Å²) in [6.45, 7) is 6.59. The van der Waals surface area contributed by atoms with E-state index in [1.54, 1.807) is 0 Å². The molecule has 0 saturated heterocycles. The predicted molar refractivity (Wildman–Crippen MR) is 63.1 cm³/mol. The summed E-state index contributed by atoms with van der Waals surface area (Å²) in [6.07, 6.45) is 1.09. The molecule has 1 aromatic carbocycles. The highest BCUT2D eigenvalue weighted by atomic mass is 79.9. The van der Waals surface area contributed by atoms with Crippen LogP contribution in [0.4, 0.5) is 0 Å². The maximum absolute atomic E-state index is 6.38. The quantitative estimate of drug-likeness (QED) is 0.817. The topological polar surface area (TPSA) is 26.0 Å². The molecule has 1 aliphatic carbocycles. The Balaban J connectivity index is 2.45. The summed E-state index contributed by atoms with van der Waals surface area (Å²) < 4.78 is 1.13. The molecule has 1 unspecified atom stereocenters. The van der Waals surface area contributed by atoms with Crippen molar-refractivity contribution in [3.8, 4) is 0 Å². The molecule has 14 heavy (non-hydrogen) atoms. The first kappa shape index (κ1) is 10.2. The molecule has 2 rings (SSSR count). The largest absolute Gasteiger partial charge is 0.321 e. The van der Waals surface area contributed by atoms with Gasteiger partial charge < -0.3 is 5.73 Å². The van der Waals surface area contributed by atoms with Crippen molar-refractivity contribution in [2.45, 2.75) is 32.7 Å². The zero-order valence-electron chi connectivity index (χ0n) is 8.89. The fraction of sp³-hybridized carbons (Fsp3) is 0.500. The Morgan fingerprint density at radius 2 is 1.93 bits per heavy atom. The minimum atomic E-state index is -0.0994. The fourth-order valence-electron chi connectivity index (χ4n) is 2.24. The molecule has 2 N–H and O–H groups in total. The monoisotopic (exact) mass is 253 g/mol. The number of halogens is 1. The van der Waals surface area contributed by atoms with Crippen molar-refractivity contribution < 1.29 is 0 Å². The van der Waals surface area contributed by atoms with E-state index in [2.05, 4.69) is 54.9 Å². The summed E-state index contributed by atoms with van der Waals surface area (Å²) in [5.41, 5.74) is 9.12. The molecular formula is C12H16BrN. The van der Waals surface area contributed by atoms with Crippen LogP contribution in [-0.4, -0.2) is 0 Å². The van der Waals surface area contributed by atoms with Gasteiger partial charge in [-0.3, -0.25) is 0 Å². The van der Waals surface area contributed by atoms with Gasteiger partial charge in [-0.25, -0.2) is 0 Å². The van der Waals surface area contributed by atoms with Gasteiger partial charge in [0, 0.05) is 10.0 Å². The second kappa shape index (κ2) is 2.83. The summed E-state index contributed by atoms with van der Waals surface area (Å²) in [4.78, 5) is 0. The van der Waals surface area contributed by atoms with Gasteiger partial charge in [-0.15, -0.1) is 0 Å². The smallest absolute Gasteiger partial charge is 0.0470 e. The lowest BCUT2D eigenvalue weighted by molar-refractivity contribution is 0.508. The standard InChI is InChI=1S/C12H16BrN/c1-8-6-9(13)4-5-10(8)12(14)7-11(12,2)3/h4-6H,7,14H2,1-3H3. The van der Waals surface area contributed by atoms with Crippen LogP contribution in [0, 0.1) is 12.3 Å². The van der Waals surface area contributed by atoms with E-state index < -0.39 is 0 Å². The van der Waals surface area contributed by atoms with Crippen molar-refractivity contribution in [1.82, 2.24) is 0 Å². The van der Waals surface area contributed by atoms with Gasteiger partial charge in [0.1, 0.15) is 0 Å². The van der Waals surface area contributed by atoms with Gasteiger partial charge in [0.15, 0.2) is 0 Å². The van der Waals surface area contributed by atoms with Crippen molar-refractivity contribution in [2.75, 3.05) is 0 Å². The predicted octanol–water partition coefficient (Wildman–Crippen LogP) is 3.34. The van der Waals surface area contributed by atoms with Crippen LogP contribution >= 0.6 is 15.9 Å². The van der Waals surface area contributed by atoms with Crippen LogP contribution in [0.15, 0.2) is 22.7 Å². The summed E-state index contributed by atoms with van der Waals surface area (Å²) in [5, 5.41) is 0. The number of aryl methyl sites for hydroxylation is 1. The van der Waals surface area contributed by atoms with Crippen molar-refractivity contribution in [3.05, 3.63) is 33.8 Å². The average molecular weight is 254 g/mol. The third-order valence-electron chi connectivity index (χ3n) is 3.47. The molecule has 1 fully saturated rings. The number of benzene rings is 1. The molecule has 0 heterocycles. The van der Waals surface area contributed by atoms with E-state index in [0.29, 0.717) is 0 Å². The van der Waals surface area contributed by atoms with E-state index in [4.69, 9.17) is 5.73 Å². The SMILES string of the molecule is Cc1cc(Br)ccc1C1(N)CC1(C)C. The Kier molecular flexibility index (Phi) is 2.06. The summed E-state index contributed by atoms with van der Waals surface area (Å²) >= 11 is 3.47. The second-order valence-electron chi connectivity index (χ2n) is 4.99. The number of hydrogen-bond donors (Lipinski definition) is 1. The number of nitrogens with two attached hydrogens (primary N) is 1. The van der Waals surface area contributed by atoms with Gasteiger partial charge in [0.05, 0.1) is 0 Å². The molecule has 1 atom stereocenters. The van der Waals surface area contributed by atoms with Crippen LogP contribution in [0.1, 0.15) is 31.4 Å². The van der Waals surface area contributed by atoms with E-state index in [1.165, 1.54) is 11.1 Å². The molecular weight excluding hydrogens is 238 g/mol. The molecule has 0 spiro atoms. The highest BCUT2D eigenvalue weighted by molar-refractivity contribution is 9.10. The zero-order chi connectivity index (χ0) is 10.6. The van der Waals surface area contributed by atoms with E-state index in [0.717, 1.165) is 10.9 Å². The van der Waals surface area contributed by atoms with Crippen molar-refractivity contribution >= 4 is 15.9 Å². The molecule has 2 heteroatoms. The van der Waals surface area contributed by atoms with E-state index >= 15 is 0 Å². The molecule has 1 aliphatic rings. The molecule has 0 aromatic heterocycles. The lowest BCUT2D eigenvalue weighted by atomic mass is 9.93. The van der Waals surface area contributed by atoms with Crippen molar-refractivity contribution in [2.24, 2.45) is 11.1 Å². The van der Waals surface area contributed by atoms with Gasteiger partial charge in [-0.2, -0.15) is 0 Å². The summed E-state index contributed by atoms with van der Waals surface area (Å²) in [7, 11) is 0. The lowest BCUT2D eigenvalue weighted by Gasteiger charge is -2.18. The third kappa shape index (κ3) is 1.32. The Hall–Kier alpha value is -0.340. The second-order valence-corrected chi connectivity index (χ2v) is 5.91. The fourth-order valence-corrected chi connectivity index (χ4v) is 2.72. The maximum Gasteiger partial charge on any atom is 0.0470 e. The molecule has 76 valence electrons. The van der Waals surface area contributed by atoms with Crippen LogP contribution in [0.2, 0.25) is 0 Å². The van der Waals surface area contributed by atoms with Gasteiger partial charge in [-0.05, 0) is 42.0 Å². The Bertz CT molecular complexity index is 384. The Labute approximate surface area is 93.8 Å². The molecule has 0 amide bonds. The van der Waals surface area contributed by atoms with Crippen LogP contribution in [0.25, 0.3) is 0 Å². The van der Waals surface area contributed by atoms with Crippen molar-refractivity contribution in [3.63, 3.8) is 0 Å². The number of hydrogen-bond acceptors (Lipinski definition) is 1. The molecule has 0 aliphatic heterocycles. The maximum atomic E-state index is 6.38. The van der Waals surface area contributed by atoms with Crippen LogP contribution in [-0.2, 0) is 5.54 Å². The van der Waals surface area contributed by atoms with Gasteiger partial charge >= 0.3 is 0 Å². The van der Waals surface area contributed by atoms with Crippen LogP contribution < -0.4 is 5.73 Å².